The van der Waals surface area contributed by atoms with Crippen molar-refractivity contribution in [2.45, 2.75) is 0 Å². The molecule has 2 rings (SSSR count). The van der Waals surface area contributed by atoms with Crippen LogP contribution in [-0.4, -0.2) is 5.11 Å². The summed E-state index contributed by atoms with van der Waals surface area (Å²) in [5.41, 5.74) is 0. The van der Waals surface area contributed by atoms with Crippen LogP contribution in [0.5, 0.6) is 5.75 Å². The van der Waals surface area contributed by atoms with Gasteiger partial charge in [0.25, 0.3) is 0 Å². The van der Waals surface area contributed by atoms with E-state index in [1.807, 2.05) is 0 Å². The molecule has 0 radical (unpaired) electrons. The fraction of sp³-hybridized carbons (Fsp3) is 0. The number of phenols is 1. The monoisotopic (exact) mass is 543 g/mol. The van der Waals surface area contributed by atoms with E-state index in [0.717, 1.165) is 26.1 Å². The molecule has 0 unspecified atom stereocenters. The molecule has 0 amide bonds. The second kappa shape index (κ2) is 8.16. The maximum atomic E-state index is 9.20. The molecule has 7 heteroatoms. The van der Waals surface area contributed by atoms with Crippen LogP contribution in [0.15, 0.2) is 30.3 Å². The Labute approximate surface area is 152 Å². The van der Waals surface area contributed by atoms with Crippen molar-refractivity contribution in [1.29, 1.82) is 0 Å². The molecule has 19 heavy (non-hydrogen) atoms. The van der Waals surface area contributed by atoms with Crippen LogP contribution in [-0.2, 0) is 26.1 Å². The normalized spacial score (nSPS) is 9.84. The number of halogens is 5. The number of hydrogen-bond acceptors (Lipinski definition) is 1. The summed E-state index contributed by atoms with van der Waals surface area (Å²) in [5.74, 6) is -0.363. The van der Waals surface area contributed by atoms with Crippen molar-refractivity contribution in [2.75, 3.05) is 0 Å². The molecule has 0 atom stereocenters. The predicted octanol–water partition coefficient (Wildman–Crippen LogP) is 5.52. The van der Waals surface area contributed by atoms with Crippen LogP contribution in [0.1, 0.15) is 0 Å². The molecule has 2 aromatic rings. The second-order valence-corrected chi connectivity index (χ2v) is 8.47. The zero-order valence-corrected chi connectivity index (χ0v) is 18.7. The van der Waals surface area contributed by atoms with Gasteiger partial charge in [-0.05, 0) is 0 Å². The van der Waals surface area contributed by atoms with Crippen LogP contribution in [0, 0.1) is 0 Å². The van der Waals surface area contributed by atoms with Gasteiger partial charge in [-0.2, -0.15) is 0 Å². The topological polar surface area (TPSA) is 20.2 Å². The van der Waals surface area contributed by atoms with Crippen molar-refractivity contribution in [1.82, 2.24) is 0 Å². The van der Waals surface area contributed by atoms with E-state index in [0.29, 0.717) is 0 Å². The third-order valence-corrected chi connectivity index (χ3v) is 6.12. The third kappa shape index (κ3) is 4.84. The summed E-state index contributed by atoms with van der Waals surface area (Å²) in [7, 11) is 0. The van der Waals surface area contributed by atoms with E-state index in [2.05, 4.69) is 30.3 Å². The van der Waals surface area contributed by atoms with Gasteiger partial charge in [-0.15, -0.1) is 0 Å². The van der Waals surface area contributed by atoms with Gasteiger partial charge in [-0.1, -0.05) is 58.0 Å². The quantitative estimate of drug-likeness (QED) is 0.264. The Hall–Kier alpha value is 0.625. The number of hydrogen-bond donors (Lipinski definition) is 1. The average Bonchev–Trinajstić information content (AvgIpc) is 2.42. The van der Waals surface area contributed by atoms with Gasteiger partial charge in [0.1, 0.15) is 10.0 Å². The minimum atomic E-state index is -0.363. The van der Waals surface area contributed by atoms with Crippen LogP contribution < -0.4 is 3.07 Å². The molecule has 0 aromatic heterocycles. The molecule has 0 spiro atoms. The fourth-order valence-corrected chi connectivity index (χ4v) is 3.26. The minimum absolute atomic E-state index is 0.00904. The Bertz CT molecular complexity index is 469. The van der Waals surface area contributed by atoms with Gasteiger partial charge in [-0.3, -0.25) is 0 Å². The average molecular weight is 544 g/mol. The molecule has 1 nitrogen and oxygen atoms in total. The number of rotatable bonds is 0. The molecule has 0 aliphatic carbocycles. The SMILES string of the molecule is Oc1c(Cl)c(Cl)c(Cl)c(Cl)c1Cl.[Hg][c]1ccccc1. The molecular weight excluding hydrogens is 538 g/mol. The van der Waals surface area contributed by atoms with E-state index in [4.69, 9.17) is 58.0 Å². The van der Waals surface area contributed by atoms with E-state index in [-0.39, 0.29) is 30.9 Å². The summed E-state index contributed by atoms with van der Waals surface area (Å²) in [6, 6.07) is 10.6. The van der Waals surface area contributed by atoms with Gasteiger partial charge in [0, 0.05) is 0 Å². The van der Waals surface area contributed by atoms with E-state index in [1.165, 1.54) is 3.07 Å². The Morgan fingerprint density at radius 1 is 0.684 bits per heavy atom. The molecule has 97 valence electrons. The van der Waals surface area contributed by atoms with Gasteiger partial charge in [0.15, 0.2) is 5.75 Å². The predicted molar refractivity (Wildman–Crippen MR) is 79.2 cm³/mol. The zero-order chi connectivity index (χ0) is 14.6. The molecule has 1 N–H and O–H groups in total. The molecule has 0 aliphatic heterocycles. The molecule has 2 aromatic carbocycles. The summed E-state index contributed by atoms with van der Waals surface area (Å²) in [6.45, 7) is 0. The first-order valence-corrected chi connectivity index (χ1v) is 9.57. The van der Waals surface area contributed by atoms with E-state index < -0.39 is 0 Å². The van der Waals surface area contributed by atoms with Crippen molar-refractivity contribution < 1.29 is 31.2 Å². The van der Waals surface area contributed by atoms with Gasteiger partial charge in [0.05, 0.1) is 15.1 Å². The van der Waals surface area contributed by atoms with Crippen molar-refractivity contribution in [2.24, 2.45) is 0 Å². The van der Waals surface area contributed by atoms with Gasteiger partial charge < -0.3 is 5.11 Å². The number of phenolic OH excluding ortho intramolecular Hbond substituents is 1. The van der Waals surface area contributed by atoms with Crippen LogP contribution in [0.2, 0.25) is 25.1 Å². The van der Waals surface area contributed by atoms with Crippen molar-refractivity contribution >= 4 is 61.1 Å². The molecule has 0 saturated heterocycles. The van der Waals surface area contributed by atoms with Crippen molar-refractivity contribution in [3.63, 3.8) is 0 Å². The second-order valence-electron chi connectivity index (χ2n) is 3.40. The Kier molecular flexibility index (Phi) is 7.59. The standard InChI is InChI=1S/C6HCl5O.C6H5.Hg/c7-1-2(8)4(10)6(12)5(11)3(1)9;1-2-4-6-5-3-1;/h12H;1-5H;. The van der Waals surface area contributed by atoms with Crippen molar-refractivity contribution in [3.05, 3.63) is 55.4 Å². The fourth-order valence-electron chi connectivity index (χ4n) is 1.07. The summed E-state index contributed by atoms with van der Waals surface area (Å²) >= 11 is 28.7. The first kappa shape index (κ1) is 17.7. The van der Waals surface area contributed by atoms with Crippen LogP contribution in [0.25, 0.3) is 0 Å². The van der Waals surface area contributed by atoms with Gasteiger partial charge in [0.2, 0.25) is 0 Å². The summed E-state index contributed by atoms with van der Waals surface area (Å²) in [6.07, 6.45) is 0. The van der Waals surface area contributed by atoms with Crippen LogP contribution in [0.4, 0.5) is 0 Å². The van der Waals surface area contributed by atoms with Crippen LogP contribution >= 0.6 is 58.0 Å². The first-order valence-electron chi connectivity index (χ1n) is 4.93. The molecule has 0 bridgehead atoms. The zero-order valence-electron chi connectivity index (χ0n) is 9.43. The van der Waals surface area contributed by atoms with E-state index in [1.54, 1.807) is 0 Å². The van der Waals surface area contributed by atoms with Gasteiger partial charge >= 0.3 is 59.5 Å². The molecule has 0 heterocycles. The molecule has 0 aliphatic rings. The Balaban J connectivity index is 0.000000218. The molecule has 0 saturated carbocycles. The van der Waals surface area contributed by atoms with Gasteiger partial charge in [-0.25, -0.2) is 0 Å². The van der Waals surface area contributed by atoms with Crippen LogP contribution in [0.3, 0.4) is 0 Å². The summed E-state index contributed by atoms with van der Waals surface area (Å²) < 4.78 is 1.52. The first-order chi connectivity index (χ1) is 8.86. The summed E-state index contributed by atoms with van der Waals surface area (Å²) in [5, 5.41) is 9.01. The maximum absolute atomic E-state index is 9.20. The number of aromatic hydroxyl groups is 1. The molecule has 0 fully saturated rings. The van der Waals surface area contributed by atoms with E-state index in [9.17, 15) is 5.11 Å². The molecular formula is C12H6Cl5HgO. The Morgan fingerprint density at radius 3 is 1.37 bits per heavy atom. The number of benzene rings is 2. The Morgan fingerprint density at radius 2 is 1.05 bits per heavy atom. The summed E-state index contributed by atoms with van der Waals surface area (Å²) in [4.78, 5) is 0. The van der Waals surface area contributed by atoms with Crippen molar-refractivity contribution in [3.8, 4) is 5.75 Å². The third-order valence-electron chi connectivity index (χ3n) is 2.03. The van der Waals surface area contributed by atoms with E-state index >= 15 is 0 Å².